The lowest BCUT2D eigenvalue weighted by atomic mass is 10.1. The predicted molar refractivity (Wildman–Crippen MR) is 46.3 cm³/mol. The minimum Gasteiger partial charge on any atom is -0.325 e. The maximum Gasteiger partial charge on any atom is 0.286 e. The Morgan fingerprint density at radius 2 is 2.42 bits per heavy atom. The van der Waals surface area contributed by atoms with Gasteiger partial charge in [-0.15, -0.1) is 12.3 Å². The highest BCUT2D eigenvalue weighted by Crippen LogP contribution is 2.22. The average Bonchev–Trinajstić information content (AvgIpc) is 2.30. The van der Waals surface area contributed by atoms with Gasteiger partial charge in [-0.3, -0.25) is 14.9 Å². The number of carbonyl (C=O) groups is 2. The van der Waals surface area contributed by atoms with Crippen LogP contribution in [0.5, 0.6) is 0 Å². The average molecular weight is 184 g/mol. The summed E-state index contributed by atoms with van der Waals surface area (Å²) in [7, 11) is 0. The zero-order valence-corrected chi connectivity index (χ0v) is 7.06. The SMILES string of the molecule is C#CC[C@@H](N)C1SC(=O)NC1=O. The molecule has 4 nitrogen and oxygen atoms in total. The molecule has 1 saturated heterocycles. The number of hydrogen-bond donors (Lipinski definition) is 2. The Morgan fingerprint density at radius 3 is 2.83 bits per heavy atom. The van der Waals surface area contributed by atoms with E-state index in [1.54, 1.807) is 0 Å². The number of rotatable bonds is 2. The van der Waals surface area contributed by atoms with E-state index in [9.17, 15) is 9.59 Å². The van der Waals surface area contributed by atoms with Gasteiger partial charge in [0.25, 0.3) is 5.24 Å². The maximum atomic E-state index is 11.0. The van der Waals surface area contributed by atoms with Crippen molar-refractivity contribution in [1.29, 1.82) is 0 Å². The fourth-order valence-corrected chi connectivity index (χ4v) is 1.72. The van der Waals surface area contributed by atoms with Crippen LogP contribution in [0.2, 0.25) is 0 Å². The summed E-state index contributed by atoms with van der Waals surface area (Å²) in [5, 5.41) is 1.27. The van der Waals surface area contributed by atoms with Crippen molar-refractivity contribution in [2.24, 2.45) is 5.73 Å². The fraction of sp³-hybridized carbons (Fsp3) is 0.429. The van der Waals surface area contributed by atoms with E-state index in [0.717, 1.165) is 11.8 Å². The van der Waals surface area contributed by atoms with E-state index >= 15 is 0 Å². The molecule has 12 heavy (non-hydrogen) atoms. The summed E-state index contributed by atoms with van der Waals surface area (Å²) < 4.78 is 0. The van der Waals surface area contributed by atoms with Crippen molar-refractivity contribution < 1.29 is 9.59 Å². The lowest BCUT2D eigenvalue weighted by Gasteiger charge is -2.10. The molecule has 1 aliphatic heterocycles. The van der Waals surface area contributed by atoms with Crippen molar-refractivity contribution in [2.45, 2.75) is 17.7 Å². The third-order valence-electron chi connectivity index (χ3n) is 1.46. The second kappa shape index (κ2) is 3.61. The topological polar surface area (TPSA) is 72.2 Å². The number of carbonyl (C=O) groups excluding carboxylic acids is 2. The van der Waals surface area contributed by atoms with Gasteiger partial charge in [-0.2, -0.15) is 0 Å². The summed E-state index contributed by atoms with van der Waals surface area (Å²) >= 11 is 0.902. The van der Waals surface area contributed by atoms with E-state index < -0.39 is 11.3 Å². The Labute approximate surface area is 74.3 Å². The monoisotopic (exact) mass is 184 g/mol. The smallest absolute Gasteiger partial charge is 0.286 e. The normalized spacial score (nSPS) is 24.8. The van der Waals surface area contributed by atoms with Crippen LogP contribution in [0.25, 0.3) is 0 Å². The Kier molecular flexibility index (Phi) is 2.74. The molecule has 0 aliphatic carbocycles. The van der Waals surface area contributed by atoms with Crippen LogP contribution < -0.4 is 11.1 Å². The van der Waals surface area contributed by atoms with E-state index in [1.807, 2.05) is 0 Å². The molecule has 0 aromatic heterocycles. The van der Waals surface area contributed by atoms with E-state index in [1.165, 1.54) is 0 Å². The van der Waals surface area contributed by atoms with Crippen molar-refractivity contribution in [3.8, 4) is 12.3 Å². The molecular formula is C7H8N2O2S. The number of hydrogen-bond acceptors (Lipinski definition) is 4. The molecule has 0 aromatic rings. The number of amides is 2. The highest BCUT2D eigenvalue weighted by atomic mass is 32.2. The molecule has 1 aliphatic rings. The first kappa shape index (κ1) is 9.10. The van der Waals surface area contributed by atoms with Crippen LogP contribution in [0, 0.1) is 12.3 Å². The van der Waals surface area contributed by atoms with Gasteiger partial charge in [-0.05, 0) is 11.8 Å². The molecule has 1 rings (SSSR count). The molecule has 0 saturated carbocycles. The van der Waals surface area contributed by atoms with Crippen molar-refractivity contribution in [3.63, 3.8) is 0 Å². The van der Waals surface area contributed by atoms with Crippen molar-refractivity contribution >= 4 is 22.9 Å². The highest BCUT2D eigenvalue weighted by molar-refractivity contribution is 8.15. The van der Waals surface area contributed by atoms with E-state index in [0.29, 0.717) is 6.42 Å². The number of terminal acetylenes is 1. The summed E-state index contributed by atoms with van der Waals surface area (Å²) in [5.74, 6) is 2.01. The molecule has 5 heteroatoms. The number of imide groups is 1. The molecule has 0 spiro atoms. The second-order valence-electron chi connectivity index (χ2n) is 2.39. The fourth-order valence-electron chi connectivity index (χ4n) is 0.895. The quantitative estimate of drug-likeness (QED) is 0.577. The van der Waals surface area contributed by atoms with Gasteiger partial charge in [-0.1, -0.05) is 0 Å². The lowest BCUT2D eigenvalue weighted by molar-refractivity contribution is -0.119. The summed E-state index contributed by atoms with van der Waals surface area (Å²) in [4.78, 5) is 21.7. The van der Waals surface area contributed by atoms with Crippen LogP contribution in [0.1, 0.15) is 6.42 Å². The first-order valence-corrected chi connectivity index (χ1v) is 4.23. The van der Waals surface area contributed by atoms with Crippen LogP contribution in [-0.4, -0.2) is 22.4 Å². The van der Waals surface area contributed by atoms with E-state index in [4.69, 9.17) is 12.2 Å². The zero-order chi connectivity index (χ0) is 9.14. The van der Waals surface area contributed by atoms with Gasteiger partial charge in [0.15, 0.2) is 0 Å². The van der Waals surface area contributed by atoms with Gasteiger partial charge < -0.3 is 5.73 Å². The maximum absolute atomic E-state index is 11.0. The largest absolute Gasteiger partial charge is 0.325 e. The Hall–Kier alpha value is -0.990. The summed E-state index contributed by atoms with van der Waals surface area (Å²) in [6, 6.07) is -0.438. The molecule has 2 atom stereocenters. The van der Waals surface area contributed by atoms with Crippen molar-refractivity contribution in [2.75, 3.05) is 0 Å². The molecule has 0 aromatic carbocycles. The predicted octanol–water partition coefficient (Wildman–Crippen LogP) is -0.311. The molecule has 0 bridgehead atoms. The molecule has 1 heterocycles. The van der Waals surface area contributed by atoms with Crippen molar-refractivity contribution in [1.82, 2.24) is 5.32 Å². The van der Waals surface area contributed by atoms with Crippen LogP contribution in [0.3, 0.4) is 0 Å². The minimum absolute atomic E-state index is 0.304. The standard InChI is InChI=1S/C7H8N2O2S/c1-2-3-4(8)5-6(10)9-7(11)12-5/h1,4-5H,3,8H2,(H,9,10,11)/t4-,5?/m1/s1. The molecule has 1 unspecified atom stereocenters. The van der Waals surface area contributed by atoms with E-state index in [2.05, 4.69) is 11.2 Å². The zero-order valence-electron chi connectivity index (χ0n) is 6.24. The number of nitrogens with two attached hydrogens (primary N) is 1. The first-order valence-electron chi connectivity index (χ1n) is 3.35. The molecule has 2 amide bonds. The minimum atomic E-state index is -0.520. The van der Waals surface area contributed by atoms with Crippen LogP contribution >= 0.6 is 11.8 Å². The third-order valence-corrected chi connectivity index (χ3v) is 2.59. The van der Waals surface area contributed by atoms with Gasteiger partial charge in [0.2, 0.25) is 5.91 Å². The second-order valence-corrected chi connectivity index (χ2v) is 3.50. The number of nitrogens with one attached hydrogen (secondary N) is 1. The van der Waals surface area contributed by atoms with Gasteiger partial charge >= 0.3 is 0 Å². The van der Waals surface area contributed by atoms with Crippen LogP contribution in [0.15, 0.2) is 0 Å². The molecule has 0 radical (unpaired) electrons. The van der Waals surface area contributed by atoms with Gasteiger partial charge in [-0.25, -0.2) is 0 Å². The van der Waals surface area contributed by atoms with Crippen molar-refractivity contribution in [3.05, 3.63) is 0 Å². The lowest BCUT2D eigenvalue weighted by Crippen LogP contribution is -2.38. The van der Waals surface area contributed by atoms with Crippen LogP contribution in [0.4, 0.5) is 4.79 Å². The Morgan fingerprint density at radius 1 is 1.75 bits per heavy atom. The molecule has 64 valence electrons. The van der Waals surface area contributed by atoms with Gasteiger partial charge in [0.05, 0.1) is 0 Å². The summed E-state index contributed by atoms with van der Waals surface area (Å²) in [5.41, 5.74) is 5.57. The highest BCUT2D eigenvalue weighted by Gasteiger charge is 2.35. The molecule has 3 N–H and O–H groups in total. The van der Waals surface area contributed by atoms with Gasteiger partial charge in [0.1, 0.15) is 5.25 Å². The Balaban J connectivity index is 2.59. The van der Waals surface area contributed by atoms with Gasteiger partial charge in [0, 0.05) is 12.5 Å². The third kappa shape index (κ3) is 1.78. The summed E-state index contributed by atoms with van der Waals surface area (Å²) in [6.45, 7) is 0. The number of thioether (sulfide) groups is 1. The molecular weight excluding hydrogens is 176 g/mol. The van der Waals surface area contributed by atoms with Crippen LogP contribution in [-0.2, 0) is 4.79 Å². The first-order chi connectivity index (χ1) is 5.65. The summed E-state index contributed by atoms with van der Waals surface area (Å²) in [6.07, 6.45) is 5.33. The molecule has 1 fully saturated rings. The Bertz CT molecular complexity index is 259. The van der Waals surface area contributed by atoms with E-state index in [-0.39, 0.29) is 11.1 Å².